The first-order chi connectivity index (χ1) is 8.26. The van der Waals surface area contributed by atoms with E-state index in [4.69, 9.17) is 4.42 Å². The fraction of sp³-hybridized carbons (Fsp3) is 0.615. The molecule has 1 aliphatic carbocycles. The van der Waals surface area contributed by atoms with Crippen molar-refractivity contribution in [3.05, 3.63) is 23.7 Å². The number of halogens is 1. The van der Waals surface area contributed by atoms with Gasteiger partial charge in [0.25, 0.3) is 5.91 Å². The summed E-state index contributed by atoms with van der Waals surface area (Å²) in [5, 5.41) is 0.816. The van der Waals surface area contributed by atoms with E-state index in [1.807, 2.05) is 17.9 Å². The molecule has 1 saturated carbocycles. The van der Waals surface area contributed by atoms with Gasteiger partial charge in [0.15, 0.2) is 5.76 Å². The van der Waals surface area contributed by atoms with E-state index in [-0.39, 0.29) is 5.91 Å². The molecular formula is C13H18BrNO2. The van der Waals surface area contributed by atoms with E-state index in [1.165, 1.54) is 6.42 Å². The molecule has 2 rings (SSSR count). The first-order valence-electron chi connectivity index (χ1n) is 6.22. The molecule has 0 unspecified atom stereocenters. The van der Waals surface area contributed by atoms with Crippen molar-refractivity contribution < 1.29 is 9.21 Å². The summed E-state index contributed by atoms with van der Waals surface area (Å²) >= 11 is 3.41. The molecule has 94 valence electrons. The average Bonchev–Trinajstić information content (AvgIpc) is 2.73. The van der Waals surface area contributed by atoms with Gasteiger partial charge in [-0.25, -0.2) is 0 Å². The summed E-state index contributed by atoms with van der Waals surface area (Å²) < 4.78 is 5.53. The minimum absolute atomic E-state index is 0.0360. The van der Waals surface area contributed by atoms with Gasteiger partial charge in [-0.15, -0.1) is 0 Å². The van der Waals surface area contributed by atoms with Crippen LogP contribution in [0.2, 0.25) is 0 Å². The molecule has 0 spiro atoms. The molecule has 1 aromatic heterocycles. The van der Waals surface area contributed by atoms with Crippen molar-refractivity contribution in [2.24, 2.45) is 0 Å². The number of hydrogen-bond acceptors (Lipinski definition) is 2. The summed E-state index contributed by atoms with van der Waals surface area (Å²) in [6.07, 6.45) is 4.31. The van der Waals surface area contributed by atoms with E-state index in [9.17, 15) is 4.79 Å². The second-order valence-electron chi connectivity index (χ2n) is 4.39. The Morgan fingerprint density at radius 3 is 2.76 bits per heavy atom. The first kappa shape index (κ1) is 12.7. The van der Waals surface area contributed by atoms with Crippen molar-refractivity contribution in [2.75, 3.05) is 11.9 Å². The molecule has 0 atom stereocenters. The summed E-state index contributed by atoms with van der Waals surface area (Å²) in [4.78, 5) is 14.3. The van der Waals surface area contributed by atoms with E-state index in [0.29, 0.717) is 11.8 Å². The summed E-state index contributed by atoms with van der Waals surface area (Å²) in [6, 6.07) is 4.09. The molecule has 1 heterocycles. The third kappa shape index (κ3) is 2.73. The number of carbonyl (C=O) groups excluding carboxylic acids is 1. The highest BCUT2D eigenvalue weighted by molar-refractivity contribution is 9.09. The van der Waals surface area contributed by atoms with E-state index in [2.05, 4.69) is 15.9 Å². The van der Waals surface area contributed by atoms with Crippen molar-refractivity contribution in [3.8, 4) is 0 Å². The maximum atomic E-state index is 12.3. The number of nitrogens with zero attached hydrogens (tertiary/aromatic N) is 1. The lowest BCUT2D eigenvalue weighted by Crippen LogP contribution is -2.45. The van der Waals surface area contributed by atoms with Crippen LogP contribution in [0.25, 0.3) is 0 Å². The topological polar surface area (TPSA) is 33.5 Å². The third-order valence-electron chi connectivity index (χ3n) is 3.32. The van der Waals surface area contributed by atoms with Gasteiger partial charge >= 0.3 is 0 Å². The summed E-state index contributed by atoms with van der Waals surface area (Å²) in [7, 11) is 0. The lowest BCUT2D eigenvalue weighted by molar-refractivity contribution is 0.0565. The Kier molecular flexibility index (Phi) is 4.26. The molecule has 1 aliphatic rings. The molecule has 0 N–H and O–H groups in total. The van der Waals surface area contributed by atoms with Gasteiger partial charge in [-0.3, -0.25) is 4.79 Å². The number of aryl methyl sites for hydroxylation is 1. The summed E-state index contributed by atoms with van der Waals surface area (Å²) in [6.45, 7) is 2.78. The van der Waals surface area contributed by atoms with Gasteiger partial charge in [0.2, 0.25) is 0 Å². The SMILES string of the molecule is CCc1ccc(C(=O)N(CCBr)C2CCC2)o1. The van der Waals surface area contributed by atoms with Crippen LogP contribution in [0.5, 0.6) is 0 Å². The number of hydrogen-bond donors (Lipinski definition) is 0. The molecule has 0 bridgehead atoms. The molecular weight excluding hydrogens is 282 g/mol. The molecule has 17 heavy (non-hydrogen) atoms. The van der Waals surface area contributed by atoms with E-state index < -0.39 is 0 Å². The molecule has 1 fully saturated rings. The second-order valence-corrected chi connectivity index (χ2v) is 5.18. The number of carbonyl (C=O) groups is 1. The van der Waals surface area contributed by atoms with Crippen LogP contribution in [0.15, 0.2) is 16.5 Å². The van der Waals surface area contributed by atoms with Gasteiger partial charge < -0.3 is 9.32 Å². The average molecular weight is 300 g/mol. The van der Waals surface area contributed by atoms with Crippen molar-refractivity contribution in [1.29, 1.82) is 0 Å². The van der Waals surface area contributed by atoms with E-state index in [0.717, 1.165) is 36.9 Å². The minimum atomic E-state index is 0.0360. The monoisotopic (exact) mass is 299 g/mol. The Morgan fingerprint density at radius 2 is 2.29 bits per heavy atom. The van der Waals surface area contributed by atoms with Gasteiger partial charge in [0.05, 0.1) is 0 Å². The van der Waals surface area contributed by atoms with Crippen LogP contribution < -0.4 is 0 Å². The summed E-state index contributed by atoms with van der Waals surface area (Å²) in [5.41, 5.74) is 0. The van der Waals surface area contributed by atoms with Gasteiger partial charge in [0, 0.05) is 24.3 Å². The first-order valence-corrected chi connectivity index (χ1v) is 7.34. The predicted octanol–water partition coefficient (Wildman–Crippen LogP) is 3.23. The zero-order valence-corrected chi connectivity index (χ0v) is 11.7. The Balaban J connectivity index is 2.09. The van der Waals surface area contributed by atoms with Crippen LogP contribution in [0.4, 0.5) is 0 Å². The maximum absolute atomic E-state index is 12.3. The number of alkyl halides is 1. The molecule has 0 aliphatic heterocycles. The number of furan rings is 1. The van der Waals surface area contributed by atoms with Crippen LogP contribution in [0.3, 0.4) is 0 Å². The molecule has 3 nitrogen and oxygen atoms in total. The molecule has 0 radical (unpaired) electrons. The van der Waals surface area contributed by atoms with Gasteiger partial charge in [-0.2, -0.15) is 0 Å². The van der Waals surface area contributed by atoms with Crippen LogP contribution in [0.1, 0.15) is 42.5 Å². The molecule has 4 heteroatoms. The van der Waals surface area contributed by atoms with Crippen molar-refractivity contribution in [1.82, 2.24) is 4.90 Å². The maximum Gasteiger partial charge on any atom is 0.289 e. The van der Waals surface area contributed by atoms with E-state index >= 15 is 0 Å². The van der Waals surface area contributed by atoms with Crippen LogP contribution in [0, 0.1) is 0 Å². The number of rotatable bonds is 5. The normalized spacial score (nSPS) is 15.6. The van der Waals surface area contributed by atoms with Gasteiger partial charge in [0.1, 0.15) is 5.76 Å². The number of amides is 1. The van der Waals surface area contributed by atoms with E-state index in [1.54, 1.807) is 6.07 Å². The molecule has 0 aromatic carbocycles. The van der Waals surface area contributed by atoms with Crippen molar-refractivity contribution in [2.45, 2.75) is 38.6 Å². The van der Waals surface area contributed by atoms with Gasteiger partial charge in [-0.05, 0) is 31.4 Å². The molecule has 0 saturated heterocycles. The highest BCUT2D eigenvalue weighted by atomic mass is 79.9. The smallest absolute Gasteiger partial charge is 0.289 e. The quantitative estimate of drug-likeness (QED) is 0.782. The van der Waals surface area contributed by atoms with Crippen LogP contribution in [-0.2, 0) is 6.42 Å². The summed E-state index contributed by atoms with van der Waals surface area (Å²) in [5.74, 6) is 1.39. The molecule has 1 amide bonds. The zero-order valence-electron chi connectivity index (χ0n) is 10.1. The highest BCUT2D eigenvalue weighted by Crippen LogP contribution is 2.26. The second kappa shape index (κ2) is 5.71. The highest BCUT2D eigenvalue weighted by Gasteiger charge is 2.30. The third-order valence-corrected chi connectivity index (χ3v) is 3.68. The van der Waals surface area contributed by atoms with Gasteiger partial charge in [-0.1, -0.05) is 22.9 Å². The Labute approximate surface area is 110 Å². The van der Waals surface area contributed by atoms with Crippen LogP contribution >= 0.6 is 15.9 Å². The fourth-order valence-corrected chi connectivity index (χ4v) is 2.45. The fourth-order valence-electron chi connectivity index (χ4n) is 2.06. The Bertz CT molecular complexity index is 385. The minimum Gasteiger partial charge on any atom is -0.456 e. The zero-order chi connectivity index (χ0) is 12.3. The Morgan fingerprint density at radius 1 is 1.53 bits per heavy atom. The lowest BCUT2D eigenvalue weighted by atomic mass is 9.91. The molecule has 1 aromatic rings. The standard InChI is InChI=1S/C13H18BrNO2/c1-2-11-6-7-12(17-11)13(16)15(9-8-14)10-4-3-5-10/h6-7,10H,2-5,8-9H2,1H3. The van der Waals surface area contributed by atoms with Crippen molar-refractivity contribution in [3.63, 3.8) is 0 Å². The lowest BCUT2D eigenvalue weighted by Gasteiger charge is -2.36. The van der Waals surface area contributed by atoms with Crippen LogP contribution in [-0.4, -0.2) is 28.7 Å². The predicted molar refractivity (Wildman–Crippen MR) is 70.6 cm³/mol. The largest absolute Gasteiger partial charge is 0.456 e. The van der Waals surface area contributed by atoms with Crippen molar-refractivity contribution >= 4 is 21.8 Å². The Hall–Kier alpha value is -0.770.